The van der Waals surface area contributed by atoms with Crippen LogP contribution in [0.5, 0.6) is 0 Å². The van der Waals surface area contributed by atoms with E-state index in [9.17, 15) is 19.0 Å². The van der Waals surface area contributed by atoms with E-state index in [2.05, 4.69) is 13.8 Å². The van der Waals surface area contributed by atoms with Gasteiger partial charge in [0.05, 0.1) is 19.8 Å². The minimum atomic E-state index is -4.61. The highest BCUT2D eigenvalue weighted by Crippen LogP contribution is 2.43. The van der Waals surface area contributed by atoms with Crippen LogP contribution in [0, 0.1) is 0 Å². The minimum Gasteiger partial charge on any atom is -0.480 e. The summed E-state index contributed by atoms with van der Waals surface area (Å²) in [6, 6.07) is -1.47. The fraction of sp³-hybridized carbons (Fsp3) is 0.957. The molecule has 0 fully saturated rings. The number of hydrogen-bond acceptors (Lipinski definition) is 8. The van der Waals surface area contributed by atoms with E-state index in [1.807, 2.05) is 0 Å². The van der Waals surface area contributed by atoms with Crippen LogP contribution in [-0.2, 0) is 32.7 Å². The molecule has 0 heterocycles. The van der Waals surface area contributed by atoms with E-state index in [0.717, 1.165) is 38.5 Å². The normalized spacial score (nSPS) is 13.8. The van der Waals surface area contributed by atoms with Crippen molar-refractivity contribution in [3.63, 3.8) is 0 Å². The van der Waals surface area contributed by atoms with Gasteiger partial charge in [-0.25, -0.2) is 4.57 Å². The van der Waals surface area contributed by atoms with Gasteiger partial charge in [-0.05, 0) is 12.8 Å². The van der Waals surface area contributed by atoms with Crippen LogP contribution < -0.4 is 5.73 Å². The maximum absolute atomic E-state index is 12.7. The van der Waals surface area contributed by atoms with E-state index in [-0.39, 0.29) is 13.0 Å². The zero-order valence-corrected chi connectivity index (χ0v) is 38.1. The van der Waals surface area contributed by atoms with Crippen LogP contribution in [0.1, 0.15) is 245 Å². The highest BCUT2D eigenvalue weighted by atomic mass is 31.2. The summed E-state index contributed by atoms with van der Waals surface area (Å²) >= 11 is 0. The van der Waals surface area contributed by atoms with Gasteiger partial charge in [0.1, 0.15) is 12.1 Å². The van der Waals surface area contributed by atoms with Crippen molar-refractivity contribution < 1.29 is 42.7 Å². The molecule has 0 amide bonds. The van der Waals surface area contributed by atoms with E-state index in [1.54, 1.807) is 0 Å². The lowest BCUT2D eigenvalue weighted by molar-refractivity contribution is -0.154. The van der Waals surface area contributed by atoms with Crippen LogP contribution in [0.25, 0.3) is 0 Å². The van der Waals surface area contributed by atoms with E-state index in [4.69, 9.17) is 29.4 Å². The number of carbonyl (C=O) groups is 2. The number of unbranched alkanes of at least 4 members (excludes halogenated alkanes) is 33. The second kappa shape index (κ2) is 43.1. The first-order chi connectivity index (χ1) is 27.7. The Morgan fingerprint density at radius 2 is 0.807 bits per heavy atom. The molecule has 0 saturated heterocycles. The van der Waals surface area contributed by atoms with Crippen LogP contribution in [-0.4, -0.2) is 60.5 Å². The highest BCUT2D eigenvalue weighted by Gasteiger charge is 2.27. The Bertz CT molecular complexity index is 924. The Morgan fingerprint density at radius 3 is 1.16 bits per heavy atom. The quantitative estimate of drug-likeness (QED) is 0.0306. The molecule has 0 spiro atoms. The third-order valence-corrected chi connectivity index (χ3v) is 11.8. The Labute approximate surface area is 350 Å². The summed E-state index contributed by atoms with van der Waals surface area (Å²) in [5.74, 6) is -1.76. The molecule has 0 aliphatic rings. The average Bonchev–Trinajstić information content (AvgIpc) is 3.19. The molecule has 340 valence electrons. The number of carboxylic acid groups (broad SMARTS) is 1. The maximum atomic E-state index is 12.7. The molecule has 0 radical (unpaired) electrons. The topological polar surface area (TPSA) is 155 Å². The Hall–Kier alpha value is -1.03. The number of aliphatic carboxylic acids is 1. The van der Waals surface area contributed by atoms with Crippen LogP contribution in [0.2, 0.25) is 0 Å². The van der Waals surface area contributed by atoms with Crippen molar-refractivity contribution in [3.8, 4) is 0 Å². The molecular weight excluding hydrogens is 741 g/mol. The molecule has 0 aliphatic heterocycles. The highest BCUT2D eigenvalue weighted by molar-refractivity contribution is 7.47. The zero-order chi connectivity index (χ0) is 41.9. The standard InChI is InChI=1S/C46H92NO9P/c1-3-5-7-9-11-13-15-17-18-19-20-21-22-23-24-25-26-27-28-30-32-34-36-38-45(48)56-43(41-54-57(51,52)55-42-44(47)46(49)50)40-53-39-37-35-33-31-29-16-14-12-10-8-6-4-2/h43-44H,3-42,47H2,1-2H3,(H,49,50)(H,51,52). The van der Waals surface area contributed by atoms with Crippen molar-refractivity contribution in [3.05, 3.63) is 0 Å². The summed E-state index contributed by atoms with van der Waals surface area (Å²) in [6.07, 6.45) is 44.5. The minimum absolute atomic E-state index is 0.0256. The molecule has 0 aliphatic carbocycles. The number of ether oxygens (including phenoxy) is 2. The summed E-state index contributed by atoms with van der Waals surface area (Å²) in [6.45, 7) is 3.94. The van der Waals surface area contributed by atoms with Crippen molar-refractivity contribution >= 4 is 19.8 Å². The van der Waals surface area contributed by atoms with Gasteiger partial charge in [0.25, 0.3) is 0 Å². The second-order valence-electron chi connectivity index (χ2n) is 16.6. The molecule has 57 heavy (non-hydrogen) atoms. The molecule has 4 N–H and O–H groups in total. The van der Waals surface area contributed by atoms with Gasteiger partial charge in [-0.15, -0.1) is 0 Å². The molecule has 0 aromatic carbocycles. The molecule has 0 aromatic rings. The summed E-state index contributed by atoms with van der Waals surface area (Å²) in [5.41, 5.74) is 5.36. The summed E-state index contributed by atoms with van der Waals surface area (Å²) < 4.78 is 33.4. The first-order valence-electron chi connectivity index (χ1n) is 24.1. The molecule has 11 heteroatoms. The van der Waals surface area contributed by atoms with E-state index < -0.39 is 45.1 Å². The monoisotopic (exact) mass is 834 g/mol. The van der Waals surface area contributed by atoms with Gasteiger partial charge in [0.2, 0.25) is 0 Å². The van der Waals surface area contributed by atoms with Gasteiger partial charge in [-0.3, -0.25) is 18.6 Å². The summed E-state index contributed by atoms with van der Waals surface area (Å²) in [7, 11) is -4.61. The van der Waals surface area contributed by atoms with Crippen LogP contribution >= 0.6 is 7.82 Å². The largest absolute Gasteiger partial charge is 0.480 e. The third-order valence-electron chi connectivity index (χ3n) is 10.9. The van der Waals surface area contributed by atoms with Crippen molar-refractivity contribution in [1.29, 1.82) is 0 Å². The lowest BCUT2D eigenvalue weighted by Gasteiger charge is -2.20. The van der Waals surface area contributed by atoms with Crippen LogP contribution in [0.15, 0.2) is 0 Å². The number of phosphoric acid groups is 1. The number of carbonyl (C=O) groups excluding carboxylic acids is 1. The molecule has 0 rings (SSSR count). The number of phosphoric ester groups is 1. The van der Waals surface area contributed by atoms with Crippen LogP contribution in [0.3, 0.4) is 0 Å². The third kappa shape index (κ3) is 42.9. The first kappa shape index (κ1) is 56.0. The van der Waals surface area contributed by atoms with Crippen molar-refractivity contribution in [1.82, 2.24) is 0 Å². The molecule has 0 bridgehead atoms. The van der Waals surface area contributed by atoms with Crippen molar-refractivity contribution in [2.24, 2.45) is 5.73 Å². The van der Waals surface area contributed by atoms with Gasteiger partial charge < -0.3 is 25.2 Å². The first-order valence-corrected chi connectivity index (χ1v) is 25.6. The second-order valence-corrected chi connectivity index (χ2v) is 18.1. The molecule has 3 atom stereocenters. The summed E-state index contributed by atoms with van der Waals surface area (Å²) in [5, 5.41) is 8.90. The predicted octanol–water partition coefficient (Wildman–Crippen LogP) is 13.5. The number of rotatable bonds is 47. The smallest absolute Gasteiger partial charge is 0.472 e. The summed E-state index contributed by atoms with van der Waals surface area (Å²) in [4.78, 5) is 33.6. The number of nitrogens with two attached hydrogens (primary N) is 1. The van der Waals surface area contributed by atoms with Gasteiger partial charge in [0, 0.05) is 13.0 Å². The fourth-order valence-electron chi connectivity index (χ4n) is 7.14. The van der Waals surface area contributed by atoms with E-state index >= 15 is 0 Å². The molecule has 0 aromatic heterocycles. The van der Waals surface area contributed by atoms with E-state index in [1.165, 1.54) is 186 Å². The maximum Gasteiger partial charge on any atom is 0.472 e. The Kier molecular flexibility index (Phi) is 42.3. The van der Waals surface area contributed by atoms with Crippen molar-refractivity contribution in [2.45, 2.75) is 257 Å². The molecule has 0 saturated carbocycles. The Balaban J connectivity index is 4.04. The van der Waals surface area contributed by atoms with Gasteiger partial charge in [-0.2, -0.15) is 0 Å². The lowest BCUT2D eigenvalue weighted by Crippen LogP contribution is -2.34. The van der Waals surface area contributed by atoms with Crippen LogP contribution in [0.4, 0.5) is 0 Å². The van der Waals surface area contributed by atoms with Gasteiger partial charge >= 0.3 is 19.8 Å². The predicted molar refractivity (Wildman–Crippen MR) is 236 cm³/mol. The number of hydrogen-bond donors (Lipinski definition) is 3. The fourth-order valence-corrected chi connectivity index (χ4v) is 7.91. The number of esters is 1. The van der Waals surface area contributed by atoms with Gasteiger partial charge in [0.15, 0.2) is 0 Å². The van der Waals surface area contributed by atoms with Crippen molar-refractivity contribution in [2.75, 3.05) is 26.4 Å². The lowest BCUT2D eigenvalue weighted by atomic mass is 10.0. The van der Waals surface area contributed by atoms with E-state index in [0.29, 0.717) is 6.61 Å². The SMILES string of the molecule is CCCCCCCCCCCCCCCCCCCCCCCCCC(=O)OC(COCCCCCCCCCCCCCC)COP(=O)(O)OCC(N)C(=O)O. The van der Waals surface area contributed by atoms with Gasteiger partial charge in [-0.1, -0.05) is 226 Å². The molecular formula is C46H92NO9P. The number of carboxylic acids is 1. The Morgan fingerprint density at radius 1 is 0.491 bits per heavy atom. The zero-order valence-electron chi connectivity index (χ0n) is 37.2. The molecule has 3 unspecified atom stereocenters. The molecule has 10 nitrogen and oxygen atoms in total. The average molecular weight is 834 g/mol.